The Bertz CT molecular complexity index is 497. The molecule has 0 unspecified atom stereocenters. The largest absolute Gasteiger partial charge is 0.465 e. The van der Waals surface area contributed by atoms with Gasteiger partial charge >= 0.3 is 5.97 Å². The fourth-order valence-electron chi connectivity index (χ4n) is 0.963. The van der Waals surface area contributed by atoms with Gasteiger partial charge in [-0.05, 0) is 40.8 Å². The lowest BCUT2D eigenvalue weighted by Crippen LogP contribution is -2.13. The fourth-order valence-corrected chi connectivity index (χ4v) is 2.43. The van der Waals surface area contributed by atoms with E-state index in [2.05, 4.69) is 4.74 Å². The highest BCUT2D eigenvalue weighted by Crippen LogP contribution is 2.16. The van der Waals surface area contributed by atoms with E-state index in [0.717, 1.165) is 0 Å². The molecule has 1 aromatic carbocycles. The van der Waals surface area contributed by atoms with Crippen molar-refractivity contribution in [2.75, 3.05) is 7.11 Å². The van der Waals surface area contributed by atoms with Crippen LogP contribution in [-0.2, 0) is 14.8 Å². The molecule has 15 heavy (non-hydrogen) atoms. The van der Waals surface area contributed by atoms with Gasteiger partial charge in [0.05, 0.1) is 17.6 Å². The fraction of sp³-hybridized carbons (Fsp3) is 0.125. The molecule has 0 aliphatic rings. The van der Waals surface area contributed by atoms with Crippen LogP contribution < -0.4 is 5.14 Å². The van der Waals surface area contributed by atoms with Crippen LogP contribution in [-0.4, -0.2) is 21.5 Å². The average molecular weight is 341 g/mol. The first-order chi connectivity index (χ1) is 6.84. The van der Waals surface area contributed by atoms with E-state index in [1.54, 1.807) is 0 Å². The summed E-state index contributed by atoms with van der Waals surface area (Å²) in [6.45, 7) is 0. The SMILES string of the molecule is COC(=O)c1cc(I)cc(S(N)(=O)=O)c1. The molecule has 0 atom stereocenters. The van der Waals surface area contributed by atoms with Gasteiger partial charge < -0.3 is 4.74 Å². The lowest BCUT2D eigenvalue weighted by Gasteiger charge is -2.03. The molecule has 0 heterocycles. The smallest absolute Gasteiger partial charge is 0.337 e. The maximum Gasteiger partial charge on any atom is 0.337 e. The van der Waals surface area contributed by atoms with Gasteiger partial charge in [-0.1, -0.05) is 0 Å². The molecule has 0 fully saturated rings. The van der Waals surface area contributed by atoms with Crippen LogP contribution in [0.25, 0.3) is 0 Å². The molecule has 0 aromatic heterocycles. The first-order valence-corrected chi connectivity index (χ1v) is 6.39. The summed E-state index contributed by atoms with van der Waals surface area (Å²) in [5.74, 6) is -0.599. The van der Waals surface area contributed by atoms with Crippen molar-refractivity contribution in [1.29, 1.82) is 0 Å². The molecule has 0 aliphatic carbocycles. The number of hydrogen-bond acceptors (Lipinski definition) is 4. The minimum Gasteiger partial charge on any atom is -0.465 e. The normalized spacial score (nSPS) is 11.1. The van der Waals surface area contributed by atoms with E-state index in [9.17, 15) is 13.2 Å². The summed E-state index contributed by atoms with van der Waals surface area (Å²) < 4.78 is 27.2. The zero-order valence-electron chi connectivity index (χ0n) is 7.73. The molecule has 0 aliphatic heterocycles. The van der Waals surface area contributed by atoms with Gasteiger partial charge in [-0.15, -0.1) is 0 Å². The molecule has 0 saturated carbocycles. The van der Waals surface area contributed by atoms with Crippen molar-refractivity contribution in [1.82, 2.24) is 0 Å². The van der Waals surface area contributed by atoms with Crippen LogP contribution in [0, 0.1) is 3.57 Å². The zero-order chi connectivity index (χ0) is 11.6. The number of nitrogens with two attached hydrogens (primary N) is 1. The standard InChI is InChI=1S/C8H8INO4S/c1-14-8(11)5-2-6(9)4-7(3-5)15(10,12)13/h2-4H,1H3,(H2,10,12,13). The molecule has 1 rings (SSSR count). The van der Waals surface area contributed by atoms with E-state index in [1.165, 1.54) is 25.3 Å². The summed E-state index contributed by atoms with van der Waals surface area (Å²) in [5, 5.41) is 4.95. The predicted molar refractivity (Wildman–Crippen MR) is 61.9 cm³/mol. The summed E-state index contributed by atoms with van der Waals surface area (Å²) >= 11 is 1.89. The highest BCUT2D eigenvalue weighted by Gasteiger charge is 2.13. The number of benzene rings is 1. The topological polar surface area (TPSA) is 86.5 Å². The van der Waals surface area contributed by atoms with Crippen molar-refractivity contribution in [3.05, 3.63) is 27.3 Å². The highest BCUT2D eigenvalue weighted by molar-refractivity contribution is 14.1. The summed E-state index contributed by atoms with van der Waals surface area (Å²) in [6.07, 6.45) is 0. The first kappa shape index (κ1) is 12.4. The second-order valence-electron chi connectivity index (χ2n) is 2.71. The van der Waals surface area contributed by atoms with E-state index in [4.69, 9.17) is 5.14 Å². The number of esters is 1. The second kappa shape index (κ2) is 4.45. The molecule has 0 radical (unpaired) electrons. The van der Waals surface area contributed by atoms with Gasteiger partial charge in [0.25, 0.3) is 0 Å². The number of ether oxygens (including phenoxy) is 1. The Hall–Kier alpha value is -0.670. The van der Waals surface area contributed by atoms with Crippen LogP contribution in [0.2, 0.25) is 0 Å². The third kappa shape index (κ3) is 3.14. The van der Waals surface area contributed by atoms with Crippen molar-refractivity contribution in [2.24, 2.45) is 5.14 Å². The van der Waals surface area contributed by atoms with Crippen LogP contribution in [0.4, 0.5) is 0 Å². The summed E-state index contributed by atoms with van der Waals surface area (Å²) in [4.78, 5) is 11.1. The number of primary sulfonamides is 1. The number of hydrogen-bond donors (Lipinski definition) is 1. The number of methoxy groups -OCH3 is 1. The summed E-state index contributed by atoms with van der Waals surface area (Å²) in [6, 6.07) is 4.08. The van der Waals surface area contributed by atoms with Gasteiger partial charge in [0, 0.05) is 3.57 Å². The molecule has 7 heteroatoms. The van der Waals surface area contributed by atoms with Crippen molar-refractivity contribution < 1.29 is 17.9 Å². The van der Waals surface area contributed by atoms with Gasteiger partial charge in [-0.25, -0.2) is 18.4 Å². The maximum absolute atomic E-state index is 11.2. The molecule has 5 nitrogen and oxygen atoms in total. The maximum atomic E-state index is 11.2. The minimum absolute atomic E-state index is 0.102. The molecule has 82 valence electrons. The Morgan fingerprint density at radius 1 is 1.40 bits per heavy atom. The Labute approximate surface area is 101 Å². The molecule has 0 amide bonds. The molecule has 1 aromatic rings. The molecule has 0 bridgehead atoms. The van der Waals surface area contributed by atoms with Gasteiger partial charge in [0.15, 0.2) is 0 Å². The number of carbonyl (C=O) groups excluding carboxylic acids is 1. The van der Waals surface area contributed by atoms with Crippen molar-refractivity contribution in [3.63, 3.8) is 0 Å². The third-order valence-electron chi connectivity index (χ3n) is 1.62. The Balaban J connectivity index is 3.35. The van der Waals surface area contributed by atoms with Gasteiger partial charge in [0.1, 0.15) is 0 Å². The number of carbonyl (C=O) groups is 1. The zero-order valence-corrected chi connectivity index (χ0v) is 10.7. The summed E-state index contributed by atoms with van der Waals surface area (Å²) in [7, 11) is -2.58. The van der Waals surface area contributed by atoms with Crippen molar-refractivity contribution >= 4 is 38.6 Å². The van der Waals surface area contributed by atoms with E-state index in [0.29, 0.717) is 3.57 Å². The van der Waals surface area contributed by atoms with Gasteiger partial charge in [-0.2, -0.15) is 0 Å². The minimum atomic E-state index is -3.80. The van der Waals surface area contributed by atoms with E-state index in [1.807, 2.05) is 22.6 Å². The third-order valence-corrected chi connectivity index (χ3v) is 3.14. The Kier molecular flexibility index (Phi) is 3.68. The van der Waals surface area contributed by atoms with Crippen molar-refractivity contribution in [2.45, 2.75) is 4.90 Å². The lowest BCUT2D eigenvalue weighted by molar-refractivity contribution is 0.0600. The van der Waals surface area contributed by atoms with Gasteiger partial charge in [-0.3, -0.25) is 0 Å². The second-order valence-corrected chi connectivity index (χ2v) is 5.52. The van der Waals surface area contributed by atoms with Crippen LogP contribution in [0.5, 0.6) is 0 Å². The molecule has 0 spiro atoms. The van der Waals surface area contributed by atoms with Crippen molar-refractivity contribution in [3.8, 4) is 0 Å². The lowest BCUT2D eigenvalue weighted by atomic mass is 10.2. The number of rotatable bonds is 2. The molecule has 2 N–H and O–H groups in total. The number of halogens is 1. The first-order valence-electron chi connectivity index (χ1n) is 3.76. The van der Waals surface area contributed by atoms with E-state index >= 15 is 0 Å². The van der Waals surface area contributed by atoms with Gasteiger partial charge in [0.2, 0.25) is 10.0 Å². The summed E-state index contributed by atoms with van der Waals surface area (Å²) in [5.41, 5.74) is 0.161. The Morgan fingerprint density at radius 2 is 2.00 bits per heavy atom. The monoisotopic (exact) mass is 341 g/mol. The quantitative estimate of drug-likeness (QED) is 0.635. The highest BCUT2D eigenvalue weighted by atomic mass is 127. The molecule has 0 saturated heterocycles. The van der Waals surface area contributed by atoms with E-state index < -0.39 is 16.0 Å². The van der Waals surface area contributed by atoms with Crippen LogP contribution in [0.15, 0.2) is 23.1 Å². The van der Waals surface area contributed by atoms with Crippen LogP contribution in [0.3, 0.4) is 0 Å². The average Bonchev–Trinajstić information content (AvgIpc) is 2.14. The molecular weight excluding hydrogens is 333 g/mol. The van der Waals surface area contributed by atoms with Crippen LogP contribution in [0.1, 0.15) is 10.4 Å². The van der Waals surface area contributed by atoms with Crippen LogP contribution >= 0.6 is 22.6 Å². The Morgan fingerprint density at radius 3 is 2.47 bits per heavy atom. The van der Waals surface area contributed by atoms with E-state index in [-0.39, 0.29) is 10.5 Å². The predicted octanol–water partition coefficient (Wildman–Crippen LogP) is 0.725. The molecular formula is C8H8INO4S. The number of sulfonamides is 1.